The van der Waals surface area contributed by atoms with Crippen molar-refractivity contribution < 1.29 is 14.7 Å². The Labute approximate surface area is 70.9 Å². The lowest BCUT2D eigenvalue weighted by atomic mass is 10.1. The van der Waals surface area contributed by atoms with Gasteiger partial charge in [-0.3, -0.25) is 9.59 Å². The third-order valence-corrected chi connectivity index (χ3v) is 1.52. The van der Waals surface area contributed by atoms with Crippen LogP contribution >= 0.6 is 0 Å². The van der Waals surface area contributed by atoms with Gasteiger partial charge in [-0.15, -0.1) is 0 Å². The highest BCUT2D eigenvalue weighted by Crippen LogP contribution is 1.99. The fourth-order valence-electron chi connectivity index (χ4n) is 0.569. The van der Waals surface area contributed by atoms with Gasteiger partial charge < -0.3 is 16.2 Å². The van der Waals surface area contributed by atoms with E-state index in [0.717, 1.165) is 0 Å². The fraction of sp³-hybridized carbons (Fsp3) is 0.714. The van der Waals surface area contributed by atoms with Gasteiger partial charge in [-0.2, -0.15) is 0 Å². The molecule has 0 atom stereocenters. The molecule has 0 radical (unpaired) electrons. The fourth-order valence-corrected chi connectivity index (χ4v) is 0.569. The maximum absolute atomic E-state index is 10.7. The zero-order valence-corrected chi connectivity index (χ0v) is 7.26. The summed E-state index contributed by atoms with van der Waals surface area (Å²) in [4.78, 5) is 20.8. The Kier molecular flexibility index (Phi) is 3.69. The van der Waals surface area contributed by atoms with Gasteiger partial charge in [-0.05, 0) is 13.8 Å². The number of carbonyl (C=O) groups is 2. The van der Waals surface area contributed by atoms with Gasteiger partial charge in [0.1, 0.15) is 0 Å². The van der Waals surface area contributed by atoms with Crippen molar-refractivity contribution in [2.75, 3.05) is 6.54 Å². The van der Waals surface area contributed by atoms with Crippen LogP contribution in [0.15, 0.2) is 0 Å². The molecule has 0 aromatic rings. The summed E-state index contributed by atoms with van der Waals surface area (Å²) in [6, 6.07) is 0. The summed E-state index contributed by atoms with van der Waals surface area (Å²) in [5.74, 6) is -1.39. The van der Waals surface area contributed by atoms with Crippen LogP contribution in [0.5, 0.6) is 0 Å². The zero-order chi connectivity index (χ0) is 9.78. The minimum absolute atomic E-state index is 0.0172. The summed E-state index contributed by atoms with van der Waals surface area (Å²) in [6.07, 6.45) is -0.0172. The van der Waals surface area contributed by atoms with E-state index in [0.29, 0.717) is 0 Å². The third-order valence-electron chi connectivity index (χ3n) is 1.52. The predicted molar refractivity (Wildman–Crippen MR) is 43.5 cm³/mol. The number of hydrogen-bond donors (Lipinski definition) is 3. The molecule has 5 nitrogen and oxygen atoms in total. The molecule has 0 saturated carbocycles. The molecule has 0 aromatic carbocycles. The molecule has 0 unspecified atom stereocenters. The molecule has 4 N–H and O–H groups in total. The van der Waals surface area contributed by atoms with E-state index in [4.69, 9.17) is 10.8 Å². The topological polar surface area (TPSA) is 92.4 Å². The van der Waals surface area contributed by atoms with E-state index in [1.54, 1.807) is 13.8 Å². The minimum atomic E-state index is -0.900. The molecule has 0 bridgehead atoms. The molecule has 0 heterocycles. The van der Waals surface area contributed by atoms with Crippen LogP contribution < -0.4 is 11.1 Å². The summed E-state index contributed by atoms with van der Waals surface area (Å²) < 4.78 is 0. The third kappa shape index (κ3) is 3.92. The molecule has 12 heavy (non-hydrogen) atoms. The number of carbonyl (C=O) groups excluding carboxylic acids is 1. The van der Waals surface area contributed by atoms with E-state index < -0.39 is 17.4 Å². The first-order chi connectivity index (χ1) is 5.36. The normalized spacial score (nSPS) is 11.2. The van der Waals surface area contributed by atoms with Crippen molar-refractivity contribution in [1.82, 2.24) is 5.32 Å². The SMILES string of the molecule is CC(C)(NCCC(=O)O)C(N)=O. The van der Waals surface area contributed by atoms with E-state index in [9.17, 15) is 9.59 Å². The van der Waals surface area contributed by atoms with Crippen molar-refractivity contribution in [1.29, 1.82) is 0 Å². The number of nitrogens with two attached hydrogens (primary N) is 1. The molecule has 0 aliphatic heterocycles. The number of carboxylic acids is 1. The predicted octanol–water partition coefficient (Wildman–Crippen LogP) is -0.685. The smallest absolute Gasteiger partial charge is 0.304 e. The van der Waals surface area contributed by atoms with E-state index in [1.165, 1.54) is 0 Å². The van der Waals surface area contributed by atoms with Crippen LogP contribution in [0.1, 0.15) is 20.3 Å². The van der Waals surface area contributed by atoms with Gasteiger partial charge >= 0.3 is 5.97 Å². The van der Waals surface area contributed by atoms with E-state index in [1.807, 2.05) is 0 Å². The van der Waals surface area contributed by atoms with Crippen LogP contribution in [0.2, 0.25) is 0 Å². The van der Waals surface area contributed by atoms with Crippen molar-refractivity contribution in [2.24, 2.45) is 5.73 Å². The average molecular weight is 174 g/mol. The van der Waals surface area contributed by atoms with Crippen molar-refractivity contribution >= 4 is 11.9 Å². The first kappa shape index (κ1) is 10.9. The largest absolute Gasteiger partial charge is 0.481 e. The number of hydrogen-bond acceptors (Lipinski definition) is 3. The maximum atomic E-state index is 10.7. The lowest BCUT2D eigenvalue weighted by molar-refractivity contribution is -0.137. The Hall–Kier alpha value is -1.10. The summed E-state index contributed by atoms with van der Waals surface area (Å²) in [6.45, 7) is 3.46. The van der Waals surface area contributed by atoms with Gasteiger partial charge in [0.2, 0.25) is 5.91 Å². The molecule has 0 saturated heterocycles. The molecule has 0 aromatic heterocycles. The number of amides is 1. The standard InChI is InChI=1S/C7H14N2O3/c1-7(2,6(8)12)9-4-3-5(10)11/h9H,3-4H2,1-2H3,(H2,8,12)(H,10,11). The molecule has 0 spiro atoms. The van der Waals surface area contributed by atoms with Crippen LogP contribution in [-0.2, 0) is 9.59 Å². The van der Waals surface area contributed by atoms with Crippen LogP contribution in [0.4, 0.5) is 0 Å². The number of aliphatic carboxylic acids is 1. The van der Waals surface area contributed by atoms with Gasteiger partial charge in [0.15, 0.2) is 0 Å². The highest BCUT2D eigenvalue weighted by molar-refractivity contribution is 5.83. The van der Waals surface area contributed by atoms with Crippen LogP contribution in [0.3, 0.4) is 0 Å². The van der Waals surface area contributed by atoms with Gasteiger partial charge in [-0.25, -0.2) is 0 Å². The lowest BCUT2D eigenvalue weighted by Crippen LogP contribution is -2.51. The molecule has 0 aliphatic carbocycles. The van der Waals surface area contributed by atoms with Crippen molar-refractivity contribution in [3.8, 4) is 0 Å². The molecule has 0 fully saturated rings. The van der Waals surface area contributed by atoms with Crippen LogP contribution in [-0.4, -0.2) is 29.1 Å². The molecule has 0 aliphatic rings. The van der Waals surface area contributed by atoms with E-state index in [2.05, 4.69) is 5.32 Å². The molecular formula is C7H14N2O3. The summed E-state index contributed by atoms with van der Waals surface area (Å²) in [7, 11) is 0. The number of rotatable bonds is 5. The van der Waals surface area contributed by atoms with E-state index in [-0.39, 0.29) is 13.0 Å². The van der Waals surface area contributed by atoms with Crippen molar-refractivity contribution in [3.63, 3.8) is 0 Å². The van der Waals surface area contributed by atoms with Crippen LogP contribution in [0.25, 0.3) is 0 Å². The quantitative estimate of drug-likeness (QED) is 0.514. The maximum Gasteiger partial charge on any atom is 0.304 e. The van der Waals surface area contributed by atoms with Gasteiger partial charge in [0, 0.05) is 6.54 Å². The Morgan fingerprint density at radius 1 is 1.50 bits per heavy atom. The molecule has 0 rings (SSSR count). The zero-order valence-electron chi connectivity index (χ0n) is 7.26. The number of primary amides is 1. The molecular weight excluding hydrogens is 160 g/mol. The van der Waals surface area contributed by atoms with Gasteiger partial charge in [0.05, 0.1) is 12.0 Å². The lowest BCUT2D eigenvalue weighted by Gasteiger charge is -2.21. The summed E-state index contributed by atoms with van der Waals surface area (Å²) >= 11 is 0. The Morgan fingerprint density at radius 3 is 2.33 bits per heavy atom. The first-order valence-corrected chi connectivity index (χ1v) is 3.63. The highest BCUT2D eigenvalue weighted by atomic mass is 16.4. The summed E-state index contributed by atoms with van der Waals surface area (Å²) in [5.41, 5.74) is 4.20. The summed E-state index contributed by atoms with van der Waals surface area (Å²) in [5, 5.41) is 11.0. The Balaban J connectivity index is 3.76. The second-order valence-corrected chi connectivity index (χ2v) is 3.06. The molecule has 70 valence electrons. The van der Waals surface area contributed by atoms with Crippen LogP contribution in [0, 0.1) is 0 Å². The van der Waals surface area contributed by atoms with Gasteiger partial charge in [0.25, 0.3) is 0 Å². The average Bonchev–Trinajstić information content (AvgIpc) is 1.85. The Bertz CT molecular complexity index is 189. The highest BCUT2D eigenvalue weighted by Gasteiger charge is 2.23. The number of nitrogens with one attached hydrogen (secondary N) is 1. The number of carboxylic acid groups (broad SMARTS) is 1. The minimum Gasteiger partial charge on any atom is -0.481 e. The Morgan fingerprint density at radius 2 is 2.00 bits per heavy atom. The van der Waals surface area contributed by atoms with Crippen molar-refractivity contribution in [3.05, 3.63) is 0 Å². The second kappa shape index (κ2) is 4.06. The van der Waals surface area contributed by atoms with E-state index >= 15 is 0 Å². The van der Waals surface area contributed by atoms with Crippen molar-refractivity contribution in [2.45, 2.75) is 25.8 Å². The molecule has 1 amide bonds. The molecule has 5 heteroatoms. The first-order valence-electron chi connectivity index (χ1n) is 3.63. The monoisotopic (exact) mass is 174 g/mol. The second-order valence-electron chi connectivity index (χ2n) is 3.06. The van der Waals surface area contributed by atoms with Gasteiger partial charge in [-0.1, -0.05) is 0 Å².